The van der Waals surface area contributed by atoms with E-state index in [9.17, 15) is 9.59 Å². The van der Waals surface area contributed by atoms with Crippen LogP contribution in [0.5, 0.6) is 17.2 Å². The van der Waals surface area contributed by atoms with Gasteiger partial charge in [0.05, 0.1) is 25.6 Å². The van der Waals surface area contributed by atoms with Gasteiger partial charge >= 0.3 is 0 Å². The third kappa shape index (κ3) is 3.55. The molecule has 9 heteroatoms. The number of carbonyl (C=O) groups is 2. The molecule has 0 unspecified atom stereocenters. The summed E-state index contributed by atoms with van der Waals surface area (Å²) in [6.07, 6.45) is 0. The quantitative estimate of drug-likeness (QED) is 0.674. The van der Waals surface area contributed by atoms with Crippen molar-refractivity contribution in [2.45, 2.75) is 0 Å². The molecule has 0 spiro atoms. The van der Waals surface area contributed by atoms with Gasteiger partial charge in [0.25, 0.3) is 11.8 Å². The van der Waals surface area contributed by atoms with Gasteiger partial charge < -0.3 is 19.1 Å². The van der Waals surface area contributed by atoms with Gasteiger partial charge in [-0.25, -0.2) is 4.98 Å². The minimum absolute atomic E-state index is 0.0299. The smallest absolute Gasteiger partial charge is 0.265 e. The summed E-state index contributed by atoms with van der Waals surface area (Å²) in [7, 11) is 4.70. The second-order valence-electron chi connectivity index (χ2n) is 6.45. The Balaban J connectivity index is 1.59. The zero-order chi connectivity index (χ0) is 21.3. The van der Waals surface area contributed by atoms with Gasteiger partial charge in [-0.1, -0.05) is 6.07 Å². The number of likely N-dealkylation sites (N-methyl/N-ethyl adjacent to an activating group) is 1. The molecule has 0 fully saturated rings. The van der Waals surface area contributed by atoms with E-state index in [1.807, 2.05) is 23.6 Å². The van der Waals surface area contributed by atoms with Crippen molar-refractivity contribution in [3.8, 4) is 28.5 Å². The van der Waals surface area contributed by atoms with E-state index < -0.39 is 0 Å². The maximum absolute atomic E-state index is 12.8. The largest absolute Gasteiger partial charge is 0.496 e. The maximum Gasteiger partial charge on any atom is 0.265 e. The van der Waals surface area contributed by atoms with Crippen molar-refractivity contribution >= 4 is 34.0 Å². The number of hydrogen-bond donors (Lipinski definition) is 1. The van der Waals surface area contributed by atoms with Crippen LogP contribution in [-0.2, 0) is 4.79 Å². The minimum Gasteiger partial charge on any atom is -0.496 e. The van der Waals surface area contributed by atoms with Gasteiger partial charge in [0.15, 0.2) is 11.7 Å². The van der Waals surface area contributed by atoms with Gasteiger partial charge in [0.1, 0.15) is 22.8 Å². The Morgan fingerprint density at radius 1 is 1.20 bits per heavy atom. The maximum atomic E-state index is 12.8. The molecule has 1 N–H and O–H groups in total. The van der Waals surface area contributed by atoms with Gasteiger partial charge in [-0.2, -0.15) is 0 Å². The molecule has 1 aliphatic heterocycles. The van der Waals surface area contributed by atoms with Crippen LogP contribution in [-0.4, -0.2) is 44.7 Å². The summed E-state index contributed by atoms with van der Waals surface area (Å²) < 4.78 is 16.0. The molecule has 0 aliphatic carbocycles. The van der Waals surface area contributed by atoms with E-state index in [-0.39, 0.29) is 18.4 Å². The molecule has 1 aromatic heterocycles. The highest BCUT2D eigenvalue weighted by atomic mass is 32.1. The molecule has 0 atom stereocenters. The Morgan fingerprint density at radius 3 is 2.63 bits per heavy atom. The number of nitrogens with zero attached hydrogens (tertiary/aromatic N) is 2. The van der Waals surface area contributed by atoms with Crippen molar-refractivity contribution in [3.05, 3.63) is 47.3 Å². The van der Waals surface area contributed by atoms with Crippen molar-refractivity contribution in [1.82, 2.24) is 4.98 Å². The predicted octanol–water partition coefficient (Wildman–Crippen LogP) is 3.43. The fraction of sp³-hybridized carbons (Fsp3) is 0.190. The van der Waals surface area contributed by atoms with Gasteiger partial charge in [-0.15, -0.1) is 11.3 Å². The zero-order valence-corrected chi connectivity index (χ0v) is 17.4. The first-order valence-electron chi connectivity index (χ1n) is 9.03. The average Bonchev–Trinajstić information content (AvgIpc) is 3.23. The van der Waals surface area contributed by atoms with Gasteiger partial charge in [-0.3, -0.25) is 14.9 Å². The van der Waals surface area contributed by atoms with Crippen molar-refractivity contribution in [2.24, 2.45) is 0 Å². The summed E-state index contributed by atoms with van der Waals surface area (Å²) in [4.78, 5) is 30.8. The first-order chi connectivity index (χ1) is 14.5. The SMILES string of the molecule is COc1cccc(OC)c1C(=O)Nc1nc(-c2ccc3c(c2)N(C)C(=O)CO3)cs1. The number of ether oxygens (including phenoxy) is 3. The molecule has 0 saturated carbocycles. The molecule has 154 valence electrons. The molecule has 2 amide bonds. The van der Waals surface area contributed by atoms with Crippen LogP contribution in [0, 0.1) is 0 Å². The molecular weight excluding hydrogens is 406 g/mol. The number of methoxy groups -OCH3 is 2. The second kappa shape index (κ2) is 8.03. The topological polar surface area (TPSA) is 90.0 Å². The number of carbonyl (C=O) groups excluding carboxylic acids is 2. The Kier molecular flexibility index (Phi) is 5.28. The standard InChI is InChI=1S/C21H19N3O5S/c1-24-14-9-12(7-8-15(14)29-10-18(24)25)13-11-30-21(22-13)23-20(26)19-16(27-2)5-4-6-17(19)28-3/h4-9,11H,10H2,1-3H3,(H,22,23,26). The van der Waals surface area contributed by atoms with E-state index in [0.717, 1.165) is 5.56 Å². The molecule has 2 aromatic carbocycles. The lowest BCUT2D eigenvalue weighted by Crippen LogP contribution is -2.35. The van der Waals surface area contributed by atoms with Gasteiger partial charge in [0.2, 0.25) is 0 Å². The second-order valence-corrected chi connectivity index (χ2v) is 7.31. The van der Waals surface area contributed by atoms with Crippen molar-refractivity contribution in [3.63, 3.8) is 0 Å². The highest BCUT2D eigenvalue weighted by molar-refractivity contribution is 7.14. The predicted molar refractivity (Wildman–Crippen MR) is 114 cm³/mol. The van der Waals surface area contributed by atoms with E-state index >= 15 is 0 Å². The Hall–Kier alpha value is -3.59. The van der Waals surface area contributed by atoms with E-state index in [1.165, 1.54) is 25.6 Å². The Bertz CT molecular complexity index is 1110. The lowest BCUT2D eigenvalue weighted by molar-refractivity contribution is -0.120. The first-order valence-corrected chi connectivity index (χ1v) is 9.91. The van der Waals surface area contributed by atoms with Crippen LogP contribution >= 0.6 is 11.3 Å². The molecule has 8 nitrogen and oxygen atoms in total. The fourth-order valence-corrected chi connectivity index (χ4v) is 3.84. The van der Waals surface area contributed by atoms with Crippen LogP contribution in [0.4, 0.5) is 10.8 Å². The third-order valence-electron chi connectivity index (χ3n) is 4.72. The number of anilines is 2. The van der Waals surface area contributed by atoms with Gasteiger partial charge in [-0.05, 0) is 30.3 Å². The normalized spacial score (nSPS) is 12.8. The monoisotopic (exact) mass is 425 g/mol. The number of aromatic nitrogens is 1. The highest BCUT2D eigenvalue weighted by Crippen LogP contribution is 2.36. The third-order valence-corrected chi connectivity index (χ3v) is 5.48. The first kappa shape index (κ1) is 19.7. The van der Waals surface area contributed by atoms with Crippen LogP contribution in [0.25, 0.3) is 11.3 Å². The summed E-state index contributed by atoms with van der Waals surface area (Å²) in [5, 5.41) is 5.06. The van der Waals surface area contributed by atoms with Crippen LogP contribution in [0.3, 0.4) is 0 Å². The molecule has 30 heavy (non-hydrogen) atoms. The fourth-order valence-electron chi connectivity index (χ4n) is 3.13. The summed E-state index contributed by atoms with van der Waals surface area (Å²) in [5.41, 5.74) is 2.47. The summed E-state index contributed by atoms with van der Waals surface area (Å²) >= 11 is 1.30. The van der Waals surface area contributed by atoms with Crippen LogP contribution in [0.15, 0.2) is 41.8 Å². The number of benzene rings is 2. The highest BCUT2D eigenvalue weighted by Gasteiger charge is 2.23. The molecule has 0 radical (unpaired) electrons. The number of amides is 2. The summed E-state index contributed by atoms with van der Waals surface area (Å²) in [6, 6.07) is 10.7. The van der Waals surface area contributed by atoms with Crippen molar-refractivity contribution in [2.75, 3.05) is 38.1 Å². The average molecular weight is 425 g/mol. The molecule has 4 rings (SSSR count). The zero-order valence-electron chi connectivity index (χ0n) is 16.6. The van der Waals surface area contributed by atoms with E-state index in [0.29, 0.717) is 39.3 Å². The van der Waals surface area contributed by atoms with Crippen LogP contribution in [0.1, 0.15) is 10.4 Å². The number of nitrogens with one attached hydrogen (secondary N) is 1. The number of thiazole rings is 1. The molecule has 0 bridgehead atoms. The van der Waals surface area contributed by atoms with Crippen molar-refractivity contribution < 1.29 is 23.8 Å². The number of fused-ring (bicyclic) bond motifs is 1. The molecule has 1 aliphatic rings. The Morgan fingerprint density at radius 2 is 1.93 bits per heavy atom. The molecule has 0 saturated heterocycles. The Labute approximate surface area is 177 Å². The summed E-state index contributed by atoms with van der Waals surface area (Å²) in [6.45, 7) is 0.0299. The number of rotatable bonds is 5. The molecule has 3 aromatic rings. The van der Waals surface area contributed by atoms with E-state index in [4.69, 9.17) is 14.2 Å². The molecular formula is C21H19N3O5S. The van der Waals surface area contributed by atoms with Crippen molar-refractivity contribution in [1.29, 1.82) is 0 Å². The van der Waals surface area contributed by atoms with Crippen LogP contribution < -0.4 is 24.4 Å². The van der Waals surface area contributed by atoms with E-state index in [1.54, 1.807) is 30.1 Å². The van der Waals surface area contributed by atoms with Crippen LogP contribution in [0.2, 0.25) is 0 Å². The van der Waals surface area contributed by atoms with E-state index in [2.05, 4.69) is 10.3 Å². The lowest BCUT2D eigenvalue weighted by atomic mass is 10.1. The van der Waals surface area contributed by atoms with Gasteiger partial charge in [0, 0.05) is 18.0 Å². The lowest BCUT2D eigenvalue weighted by Gasteiger charge is -2.26. The minimum atomic E-state index is -0.380. The number of hydrogen-bond acceptors (Lipinski definition) is 7. The summed E-state index contributed by atoms with van der Waals surface area (Å²) in [5.74, 6) is 0.968. The molecule has 2 heterocycles.